The van der Waals surface area contributed by atoms with E-state index in [0.29, 0.717) is 0 Å². The molecule has 0 fully saturated rings. The molecule has 0 atom stereocenters. The lowest BCUT2D eigenvalue weighted by Crippen LogP contribution is -2.07. The zero-order valence-electron chi connectivity index (χ0n) is 13.5. The molecule has 0 saturated carbocycles. The van der Waals surface area contributed by atoms with E-state index in [1.165, 1.54) is 4.88 Å². The molecule has 0 aliphatic heterocycles. The molecule has 24 heavy (non-hydrogen) atoms. The number of hydrogen-bond acceptors (Lipinski definition) is 4. The maximum atomic E-state index is 12.1. The summed E-state index contributed by atoms with van der Waals surface area (Å²) in [5, 5.41) is 2.88. The minimum Gasteiger partial charge on any atom is -0.322 e. The fraction of sp³-hybridized carbons (Fsp3) is 0.105. The summed E-state index contributed by atoms with van der Waals surface area (Å²) in [5.74, 6) is 0.563. The van der Waals surface area contributed by atoms with Gasteiger partial charge in [-0.3, -0.25) is 4.79 Å². The van der Waals surface area contributed by atoms with Crippen molar-refractivity contribution in [2.45, 2.75) is 13.8 Å². The first-order chi connectivity index (χ1) is 11.6. The first kappa shape index (κ1) is 16.1. The summed E-state index contributed by atoms with van der Waals surface area (Å²) in [6.45, 7) is 3.90. The molecule has 0 aliphatic rings. The number of rotatable bonds is 4. The maximum absolute atomic E-state index is 12.1. The first-order valence-corrected chi connectivity index (χ1v) is 8.37. The lowest BCUT2D eigenvalue weighted by Gasteiger charge is -2.06. The van der Waals surface area contributed by atoms with E-state index in [0.717, 1.165) is 27.6 Å². The van der Waals surface area contributed by atoms with E-state index in [1.807, 2.05) is 62.4 Å². The molecule has 3 rings (SSSR count). The number of amides is 1. The number of carbonyl (C=O) groups excluding carboxylic acids is 1. The van der Waals surface area contributed by atoms with Crippen molar-refractivity contribution in [2.75, 3.05) is 5.32 Å². The number of hydrogen-bond donors (Lipinski definition) is 1. The molecule has 2 aromatic heterocycles. The summed E-state index contributed by atoms with van der Waals surface area (Å²) >= 11 is 1.66. The van der Waals surface area contributed by atoms with Crippen LogP contribution in [-0.4, -0.2) is 15.9 Å². The zero-order valence-corrected chi connectivity index (χ0v) is 14.3. The number of aromatic nitrogens is 2. The Morgan fingerprint density at radius 1 is 1.17 bits per heavy atom. The van der Waals surface area contributed by atoms with Crippen molar-refractivity contribution in [3.8, 4) is 11.3 Å². The average Bonchev–Trinajstić information content (AvgIpc) is 2.99. The van der Waals surface area contributed by atoms with E-state index in [2.05, 4.69) is 15.3 Å². The van der Waals surface area contributed by atoms with E-state index in [1.54, 1.807) is 23.6 Å². The van der Waals surface area contributed by atoms with Gasteiger partial charge in [0.2, 0.25) is 5.91 Å². The van der Waals surface area contributed by atoms with Crippen molar-refractivity contribution >= 4 is 29.0 Å². The number of carbonyl (C=O) groups is 1. The number of thiophene rings is 1. The Kier molecular flexibility index (Phi) is 4.82. The fourth-order valence-corrected chi connectivity index (χ4v) is 3.04. The Morgan fingerprint density at radius 3 is 2.79 bits per heavy atom. The molecule has 0 radical (unpaired) electrons. The predicted octanol–water partition coefficient (Wildman–Crippen LogP) is 4.47. The van der Waals surface area contributed by atoms with Crippen LogP contribution in [0.2, 0.25) is 0 Å². The third-order valence-corrected chi connectivity index (χ3v) is 4.33. The highest BCUT2D eigenvalue weighted by Gasteiger charge is 2.03. The lowest BCUT2D eigenvalue weighted by molar-refractivity contribution is -0.111. The Bertz CT molecular complexity index is 899. The van der Waals surface area contributed by atoms with Crippen LogP contribution in [-0.2, 0) is 4.79 Å². The van der Waals surface area contributed by atoms with Crippen molar-refractivity contribution in [2.24, 2.45) is 0 Å². The molecule has 2 heterocycles. The van der Waals surface area contributed by atoms with Gasteiger partial charge in [0.1, 0.15) is 5.82 Å². The van der Waals surface area contributed by atoms with E-state index in [4.69, 9.17) is 0 Å². The minimum atomic E-state index is -0.155. The third-order valence-electron chi connectivity index (χ3n) is 3.36. The molecule has 0 bridgehead atoms. The van der Waals surface area contributed by atoms with Crippen LogP contribution in [0, 0.1) is 13.8 Å². The van der Waals surface area contributed by atoms with Crippen LogP contribution in [0.1, 0.15) is 15.6 Å². The van der Waals surface area contributed by atoms with Gasteiger partial charge in [0, 0.05) is 33.3 Å². The number of anilines is 1. The van der Waals surface area contributed by atoms with Crippen molar-refractivity contribution in [3.05, 3.63) is 70.3 Å². The SMILES string of the molecule is Cc1nccc(-c2cccc(NC(=O)/C=C/c3ccc(C)s3)c2)n1. The first-order valence-electron chi connectivity index (χ1n) is 7.56. The van der Waals surface area contributed by atoms with Crippen molar-refractivity contribution in [1.82, 2.24) is 9.97 Å². The van der Waals surface area contributed by atoms with Crippen LogP contribution < -0.4 is 5.32 Å². The van der Waals surface area contributed by atoms with Gasteiger partial charge < -0.3 is 5.32 Å². The Hall–Kier alpha value is -2.79. The standard InChI is InChI=1S/C19H17N3OS/c1-13-6-7-17(24-13)8-9-19(23)22-16-5-3-4-15(12-16)18-10-11-20-14(2)21-18/h3-12H,1-2H3,(H,22,23)/b9-8+. The Labute approximate surface area is 144 Å². The van der Waals surface area contributed by atoms with Gasteiger partial charge in [0.05, 0.1) is 5.69 Å². The Balaban J connectivity index is 1.72. The molecule has 1 aromatic carbocycles. The molecular weight excluding hydrogens is 318 g/mol. The van der Waals surface area contributed by atoms with Gasteiger partial charge in [0.15, 0.2) is 0 Å². The second kappa shape index (κ2) is 7.19. The van der Waals surface area contributed by atoms with Crippen LogP contribution in [0.15, 0.2) is 54.7 Å². The topological polar surface area (TPSA) is 54.9 Å². The van der Waals surface area contributed by atoms with Crippen LogP contribution in [0.3, 0.4) is 0 Å². The molecule has 120 valence electrons. The van der Waals surface area contributed by atoms with Gasteiger partial charge in [-0.15, -0.1) is 11.3 Å². The third kappa shape index (κ3) is 4.14. The normalized spacial score (nSPS) is 10.9. The van der Waals surface area contributed by atoms with E-state index in [-0.39, 0.29) is 5.91 Å². The van der Waals surface area contributed by atoms with Crippen LogP contribution >= 0.6 is 11.3 Å². The van der Waals surface area contributed by atoms with Gasteiger partial charge >= 0.3 is 0 Å². The van der Waals surface area contributed by atoms with Crippen LogP contribution in [0.25, 0.3) is 17.3 Å². The van der Waals surface area contributed by atoms with E-state index < -0.39 is 0 Å². The highest BCUT2D eigenvalue weighted by molar-refractivity contribution is 7.12. The highest BCUT2D eigenvalue weighted by Crippen LogP contribution is 2.21. The maximum Gasteiger partial charge on any atom is 0.248 e. The monoisotopic (exact) mass is 335 g/mol. The second-order valence-corrected chi connectivity index (χ2v) is 6.66. The zero-order chi connectivity index (χ0) is 16.9. The molecule has 4 nitrogen and oxygen atoms in total. The van der Waals surface area contributed by atoms with Crippen molar-refractivity contribution in [1.29, 1.82) is 0 Å². The summed E-state index contributed by atoms with van der Waals surface area (Å²) in [5.41, 5.74) is 2.51. The molecule has 0 spiro atoms. The number of nitrogens with zero attached hydrogens (tertiary/aromatic N) is 2. The lowest BCUT2D eigenvalue weighted by atomic mass is 10.1. The van der Waals surface area contributed by atoms with Crippen molar-refractivity contribution in [3.63, 3.8) is 0 Å². The fourth-order valence-electron chi connectivity index (χ4n) is 2.26. The van der Waals surface area contributed by atoms with Gasteiger partial charge in [0.25, 0.3) is 0 Å². The molecule has 5 heteroatoms. The molecule has 1 amide bonds. The van der Waals surface area contributed by atoms with Crippen LogP contribution in [0.4, 0.5) is 5.69 Å². The minimum absolute atomic E-state index is 0.155. The summed E-state index contributed by atoms with van der Waals surface area (Å²) in [6, 6.07) is 13.5. The number of benzene rings is 1. The molecule has 1 N–H and O–H groups in total. The largest absolute Gasteiger partial charge is 0.322 e. The predicted molar refractivity (Wildman–Crippen MR) is 98.9 cm³/mol. The molecule has 0 unspecified atom stereocenters. The highest BCUT2D eigenvalue weighted by atomic mass is 32.1. The van der Waals surface area contributed by atoms with Crippen LogP contribution in [0.5, 0.6) is 0 Å². The number of nitrogens with one attached hydrogen (secondary N) is 1. The summed E-state index contributed by atoms with van der Waals surface area (Å²) in [6.07, 6.45) is 5.10. The Morgan fingerprint density at radius 2 is 2.04 bits per heavy atom. The van der Waals surface area contributed by atoms with E-state index >= 15 is 0 Å². The quantitative estimate of drug-likeness (QED) is 0.716. The van der Waals surface area contributed by atoms with Gasteiger partial charge in [-0.1, -0.05) is 12.1 Å². The van der Waals surface area contributed by atoms with Gasteiger partial charge in [-0.05, 0) is 50.3 Å². The second-order valence-electron chi connectivity index (χ2n) is 5.34. The molecular formula is C19H17N3OS. The van der Waals surface area contributed by atoms with Gasteiger partial charge in [-0.25, -0.2) is 9.97 Å². The average molecular weight is 335 g/mol. The smallest absolute Gasteiger partial charge is 0.248 e. The molecule has 0 aliphatic carbocycles. The number of aryl methyl sites for hydroxylation is 2. The summed E-state index contributed by atoms with van der Waals surface area (Å²) in [7, 11) is 0. The molecule has 3 aromatic rings. The van der Waals surface area contributed by atoms with E-state index in [9.17, 15) is 4.79 Å². The summed E-state index contributed by atoms with van der Waals surface area (Å²) in [4.78, 5) is 22.9. The van der Waals surface area contributed by atoms with Crippen molar-refractivity contribution < 1.29 is 4.79 Å². The van der Waals surface area contributed by atoms with Gasteiger partial charge in [-0.2, -0.15) is 0 Å². The molecule has 0 saturated heterocycles. The summed E-state index contributed by atoms with van der Waals surface area (Å²) < 4.78 is 0.